The zero-order chi connectivity index (χ0) is 13.7. The number of hydrogen-bond donors (Lipinski definition) is 2. The summed E-state index contributed by atoms with van der Waals surface area (Å²) in [4.78, 5) is 8.61. The van der Waals surface area contributed by atoms with Gasteiger partial charge in [-0.25, -0.2) is 4.98 Å². The fourth-order valence-electron chi connectivity index (χ4n) is 1.65. The van der Waals surface area contributed by atoms with E-state index in [1.165, 1.54) is 0 Å². The van der Waals surface area contributed by atoms with Crippen molar-refractivity contribution in [2.24, 2.45) is 0 Å². The van der Waals surface area contributed by atoms with Gasteiger partial charge in [-0.3, -0.25) is 4.98 Å². The van der Waals surface area contributed by atoms with Gasteiger partial charge < -0.3 is 10.6 Å². The van der Waals surface area contributed by atoms with Crippen LogP contribution in [0, 0.1) is 6.92 Å². The van der Waals surface area contributed by atoms with Crippen LogP contribution in [0.5, 0.6) is 0 Å². The third kappa shape index (κ3) is 3.58. The molecule has 2 N–H and O–H groups in total. The molecule has 0 unspecified atom stereocenters. The molecule has 5 heteroatoms. The van der Waals surface area contributed by atoms with Gasteiger partial charge in [-0.15, -0.1) is 0 Å². The number of hydrogen-bond acceptors (Lipinski definition) is 4. The Morgan fingerprint density at radius 2 is 2.00 bits per heavy atom. The zero-order valence-corrected chi connectivity index (χ0v) is 11.8. The first-order chi connectivity index (χ1) is 9.20. The molecule has 0 bridgehead atoms. The maximum Gasteiger partial charge on any atom is 0.151 e. The smallest absolute Gasteiger partial charge is 0.151 e. The molecule has 0 radical (unpaired) electrons. The van der Waals surface area contributed by atoms with Crippen LogP contribution < -0.4 is 10.6 Å². The summed E-state index contributed by atoms with van der Waals surface area (Å²) in [6, 6.07) is 5.74. The van der Waals surface area contributed by atoms with E-state index in [2.05, 4.69) is 27.5 Å². The summed E-state index contributed by atoms with van der Waals surface area (Å²) in [6.45, 7) is 4.96. The Morgan fingerprint density at radius 3 is 2.79 bits per heavy atom. The molecule has 1 aromatic heterocycles. The number of rotatable bonds is 5. The Hall–Kier alpha value is -1.81. The van der Waals surface area contributed by atoms with E-state index in [1.807, 2.05) is 25.1 Å². The quantitative estimate of drug-likeness (QED) is 0.866. The monoisotopic (exact) mass is 276 g/mol. The molecule has 2 aromatic rings. The molecule has 1 aromatic carbocycles. The predicted molar refractivity (Wildman–Crippen MR) is 80.3 cm³/mol. The fraction of sp³-hybridized carbons (Fsp3) is 0.286. The van der Waals surface area contributed by atoms with Gasteiger partial charge in [0.1, 0.15) is 5.82 Å². The van der Waals surface area contributed by atoms with Crippen molar-refractivity contribution in [2.45, 2.75) is 20.3 Å². The molecule has 0 atom stereocenters. The number of nitrogens with one attached hydrogen (secondary N) is 2. The number of anilines is 3. The molecule has 2 rings (SSSR count). The molecule has 0 aliphatic carbocycles. The van der Waals surface area contributed by atoms with E-state index in [4.69, 9.17) is 11.6 Å². The standard InChI is InChI=1S/C14H17ClN4/c1-3-7-17-13-8-16-9-14(19-13)18-12-6-4-5-11(15)10(12)2/h4-6,8-9H,3,7H2,1-2H3,(H2,17,18,19). The van der Waals surface area contributed by atoms with Crippen LogP contribution in [0.25, 0.3) is 0 Å². The van der Waals surface area contributed by atoms with Gasteiger partial charge in [0.15, 0.2) is 5.82 Å². The summed E-state index contributed by atoms with van der Waals surface area (Å²) in [5, 5.41) is 7.17. The molecule has 0 fully saturated rings. The number of nitrogens with zero attached hydrogens (tertiary/aromatic N) is 2. The number of benzene rings is 1. The first-order valence-electron chi connectivity index (χ1n) is 6.28. The van der Waals surface area contributed by atoms with Gasteiger partial charge in [0.2, 0.25) is 0 Å². The lowest BCUT2D eigenvalue weighted by atomic mass is 10.2. The maximum atomic E-state index is 6.09. The van der Waals surface area contributed by atoms with Crippen LogP contribution in [-0.2, 0) is 0 Å². The van der Waals surface area contributed by atoms with Crippen molar-refractivity contribution in [1.29, 1.82) is 0 Å². The molecule has 0 spiro atoms. The maximum absolute atomic E-state index is 6.09. The molecule has 0 aliphatic heterocycles. The Balaban J connectivity index is 2.16. The molecular formula is C14H17ClN4. The summed E-state index contributed by atoms with van der Waals surface area (Å²) in [6.07, 6.45) is 4.45. The lowest BCUT2D eigenvalue weighted by Gasteiger charge is -2.11. The topological polar surface area (TPSA) is 49.8 Å². The largest absolute Gasteiger partial charge is 0.369 e. The van der Waals surface area contributed by atoms with Crippen LogP contribution in [0.2, 0.25) is 5.02 Å². The minimum atomic E-state index is 0.700. The zero-order valence-electron chi connectivity index (χ0n) is 11.1. The normalized spacial score (nSPS) is 10.3. The third-order valence-corrected chi connectivity index (χ3v) is 3.13. The number of aromatic nitrogens is 2. The molecule has 1 heterocycles. The highest BCUT2D eigenvalue weighted by molar-refractivity contribution is 6.31. The van der Waals surface area contributed by atoms with Crippen LogP contribution in [0.4, 0.5) is 17.3 Å². The average molecular weight is 277 g/mol. The van der Waals surface area contributed by atoms with Gasteiger partial charge >= 0.3 is 0 Å². The van der Waals surface area contributed by atoms with Gasteiger partial charge in [0.25, 0.3) is 0 Å². The molecule has 0 aliphatic rings. The van der Waals surface area contributed by atoms with Crippen LogP contribution in [0.15, 0.2) is 30.6 Å². The summed E-state index contributed by atoms with van der Waals surface area (Å²) in [7, 11) is 0. The summed E-state index contributed by atoms with van der Waals surface area (Å²) in [5.74, 6) is 1.47. The molecule has 19 heavy (non-hydrogen) atoms. The Morgan fingerprint density at radius 1 is 1.21 bits per heavy atom. The van der Waals surface area contributed by atoms with Gasteiger partial charge in [-0.2, -0.15) is 0 Å². The highest BCUT2D eigenvalue weighted by atomic mass is 35.5. The summed E-state index contributed by atoms with van der Waals surface area (Å²) < 4.78 is 0. The van der Waals surface area contributed by atoms with Crippen molar-refractivity contribution >= 4 is 28.9 Å². The lowest BCUT2D eigenvalue weighted by molar-refractivity contribution is 0.965. The number of halogens is 1. The van der Waals surface area contributed by atoms with Crippen molar-refractivity contribution in [1.82, 2.24) is 9.97 Å². The van der Waals surface area contributed by atoms with Crippen molar-refractivity contribution in [3.05, 3.63) is 41.2 Å². The lowest BCUT2D eigenvalue weighted by Crippen LogP contribution is -2.04. The molecule has 0 saturated heterocycles. The van der Waals surface area contributed by atoms with E-state index in [1.54, 1.807) is 12.4 Å². The van der Waals surface area contributed by atoms with E-state index in [9.17, 15) is 0 Å². The van der Waals surface area contributed by atoms with Gasteiger partial charge in [-0.05, 0) is 31.0 Å². The molecule has 0 saturated carbocycles. The van der Waals surface area contributed by atoms with E-state index in [0.717, 1.165) is 35.1 Å². The molecule has 4 nitrogen and oxygen atoms in total. The SMILES string of the molecule is CCCNc1cncc(Nc2cccc(Cl)c2C)n1. The van der Waals surface area contributed by atoms with Crippen molar-refractivity contribution in [2.75, 3.05) is 17.2 Å². The van der Waals surface area contributed by atoms with Crippen molar-refractivity contribution in [3.63, 3.8) is 0 Å². The summed E-state index contributed by atoms with van der Waals surface area (Å²) in [5.41, 5.74) is 1.94. The van der Waals surface area contributed by atoms with Gasteiger partial charge in [-0.1, -0.05) is 24.6 Å². The van der Waals surface area contributed by atoms with Crippen molar-refractivity contribution in [3.8, 4) is 0 Å². The third-order valence-electron chi connectivity index (χ3n) is 2.72. The first kappa shape index (κ1) is 13.6. The van der Waals surface area contributed by atoms with E-state index in [0.29, 0.717) is 5.82 Å². The average Bonchev–Trinajstić information content (AvgIpc) is 2.42. The Kier molecular flexibility index (Phi) is 4.58. The summed E-state index contributed by atoms with van der Waals surface area (Å²) >= 11 is 6.09. The van der Waals surface area contributed by atoms with Crippen LogP contribution >= 0.6 is 11.6 Å². The second kappa shape index (κ2) is 6.38. The minimum Gasteiger partial charge on any atom is -0.369 e. The van der Waals surface area contributed by atoms with E-state index >= 15 is 0 Å². The van der Waals surface area contributed by atoms with Gasteiger partial charge in [0.05, 0.1) is 12.4 Å². The van der Waals surface area contributed by atoms with Gasteiger partial charge in [0, 0.05) is 17.3 Å². The highest BCUT2D eigenvalue weighted by Gasteiger charge is 2.04. The minimum absolute atomic E-state index is 0.700. The first-order valence-corrected chi connectivity index (χ1v) is 6.66. The molecular weight excluding hydrogens is 260 g/mol. The molecule has 100 valence electrons. The Labute approximate surface area is 118 Å². The van der Waals surface area contributed by atoms with Crippen LogP contribution in [0.1, 0.15) is 18.9 Å². The fourth-order valence-corrected chi connectivity index (χ4v) is 1.82. The van der Waals surface area contributed by atoms with Crippen LogP contribution in [-0.4, -0.2) is 16.5 Å². The van der Waals surface area contributed by atoms with E-state index < -0.39 is 0 Å². The predicted octanol–water partition coefficient (Wildman–Crippen LogP) is 4.00. The second-order valence-electron chi connectivity index (χ2n) is 4.25. The van der Waals surface area contributed by atoms with E-state index in [-0.39, 0.29) is 0 Å². The highest BCUT2D eigenvalue weighted by Crippen LogP contribution is 2.25. The Bertz CT molecular complexity index is 557. The second-order valence-corrected chi connectivity index (χ2v) is 4.66. The van der Waals surface area contributed by atoms with Crippen molar-refractivity contribution < 1.29 is 0 Å². The molecule has 0 amide bonds. The van der Waals surface area contributed by atoms with Crippen LogP contribution in [0.3, 0.4) is 0 Å².